The Labute approximate surface area is 98.9 Å². The van der Waals surface area contributed by atoms with Crippen molar-refractivity contribution in [1.29, 1.82) is 0 Å². The fourth-order valence-electron chi connectivity index (χ4n) is 2.06. The monoisotopic (exact) mass is 227 g/mol. The zero-order valence-corrected chi connectivity index (χ0v) is 10.6. The van der Waals surface area contributed by atoms with Crippen LogP contribution in [0.5, 0.6) is 0 Å². The summed E-state index contributed by atoms with van der Waals surface area (Å²) in [6.07, 6.45) is 7.65. The molecule has 0 radical (unpaired) electrons. The molecular weight excluding hydrogens is 202 g/mol. The van der Waals surface area contributed by atoms with E-state index in [0.29, 0.717) is 6.04 Å². The number of guanidine groups is 1. The molecule has 0 spiro atoms. The summed E-state index contributed by atoms with van der Waals surface area (Å²) < 4.78 is 5.01. The molecule has 1 rings (SSSR count). The minimum atomic E-state index is 0.613. The van der Waals surface area contributed by atoms with Gasteiger partial charge in [0.15, 0.2) is 5.96 Å². The first kappa shape index (κ1) is 13.3. The van der Waals surface area contributed by atoms with E-state index in [0.717, 1.165) is 25.5 Å². The van der Waals surface area contributed by atoms with Crippen LogP contribution >= 0.6 is 0 Å². The highest BCUT2D eigenvalue weighted by molar-refractivity contribution is 5.79. The number of ether oxygens (including phenoxy) is 1. The van der Waals surface area contributed by atoms with Gasteiger partial charge < -0.3 is 15.4 Å². The van der Waals surface area contributed by atoms with Crippen LogP contribution < -0.4 is 10.6 Å². The summed E-state index contributed by atoms with van der Waals surface area (Å²) in [6, 6.07) is 0.613. The van der Waals surface area contributed by atoms with Gasteiger partial charge in [-0.05, 0) is 19.3 Å². The Kier molecular flexibility index (Phi) is 6.97. The summed E-state index contributed by atoms with van der Waals surface area (Å²) in [4.78, 5) is 4.23. The van der Waals surface area contributed by atoms with Crippen molar-refractivity contribution in [2.24, 2.45) is 4.99 Å². The lowest BCUT2D eigenvalue weighted by atomic mass is 9.96. The number of hydrogen-bond donors (Lipinski definition) is 2. The maximum atomic E-state index is 5.01. The average Bonchev–Trinajstić information content (AvgIpc) is 2.34. The van der Waals surface area contributed by atoms with Crippen LogP contribution in [0.4, 0.5) is 0 Å². The lowest BCUT2D eigenvalue weighted by molar-refractivity contribution is 0.195. The van der Waals surface area contributed by atoms with Crippen molar-refractivity contribution in [3.63, 3.8) is 0 Å². The van der Waals surface area contributed by atoms with Crippen molar-refractivity contribution in [2.75, 3.05) is 27.3 Å². The number of hydrogen-bond acceptors (Lipinski definition) is 2. The number of nitrogens with zero attached hydrogens (tertiary/aromatic N) is 1. The molecule has 0 heterocycles. The lowest BCUT2D eigenvalue weighted by Crippen LogP contribution is -2.44. The second-order valence-corrected chi connectivity index (χ2v) is 4.32. The lowest BCUT2D eigenvalue weighted by Gasteiger charge is -2.24. The Balaban J connectivity index is 2.15. The van der Waals surface area contributed by atoms with Crippen molar-refractivity contribution >= 4 is 5.96 Å². The molecule has 0 aromatic rings. The molecule has 0 aromatic heterocycles. The SMILES string of the molecule is CN=C(NCCCOC)NC1CCCCC1. The number of aliphatic imine (C=N–C) groups is 1. The Morgan fingerprint density at radius 3 is 2.69 bits per heavy atom. The number of methoxy groups -OCH3 is 1. The van der Waals surface area contributed by atoms with Gasteiger partial charge in [-0.1, -0.05) is 19.3 Å². The highest BCUT2D eigenvalue weighted by Gasteiger charge is 2.13. The van der Waals surface area contributed by atoms with Gasteiger partial charge in [0.05, 0.1) is 0 Å². The molecule has 94 valence electrons. The summed E-state index contributed by atoms with van der Waals surface area (Å²) in [7, 11) is 3.56. The maximum Gasteiger partial charge on any atom is 0.191 e. The third-order valence-corrected chi connectivity index (χ3v) is 2.99. The van der Waals surface area contributed by atoms with Gasteiger partial charge in [-0.3, -0.25) is 4.99 Å². The Morgan fingerprint density at radius 2 is 2.06 bits per heavy atom. The third-order valence-electron chi connectivity index (χ3n) is 2.99. The van der Waals surface area contributed by atoms with Gasteiger partial charge >= 0.3 is 0 Å². The topological polar surface area (TPSA) is 45.7 Å². The summed E-state index contributed by atoms with van der Waals surface area (Å²) >= 11 is 0. The molecule has 0 atom stereocenters. The van der Waals surface area contributed by atoms with Crippen LogP contribution in [-0.4, -0.2) is 39.3 Å². The van der Waals surface area contributed by atoms with Crippen LogP contribution in [0.2, 0.25) is 0 Å². The van der Waals surface area contributed by atoms with Gasteiger partial charge in [-0.15, -0.1) is 0 Å². The van der Waals surface area contributed by atoms with E-state index in [1.165, 1.54) is 32.1 Å². The summed E-state index contributed by atoms with van der Waals surface area (Å²) in [5.41, 5.74) is 0. The van der Waals surface area contributed by atoms with Crippen molar-refractivity contribution in [2.45, 2.75) is 44.6 Å². The van der Waals surface area contributed by atoms with Crippen LogP contribution in [0.3, 0.4) is 0 Å². The van der Waals surface area contributed by atoms with E-state index in [1.807, 2.05) is 7.05 Å². The zero-order chi connectivity index (χ0) is 11.6. The predicted molar refractivity (Wildman–Crippen MR) is 67.9 cm³/mol. The van der Waals surface area contributed by atoms with E-state index in [-0.39, 0.29) is 0 Å². The molecule has 0 amide bonds. The van der Waals surface area contributed by atoms with Gasteiger partial charge in [0.25, 0.3) is 0 Å². The molecule has 0 bridgehead atoms. The molecule has 1 saturated carbocycles. The zero-order valence-electron chi connectivity index (χ0n) is 10.6. The first-order valence-electron chi connectivity index (χ1n) is 6.33. The molecule has 1 fully saturated rings. The summed E-state index contributed by atoms with van der Waals surface area (Å²) in [6.45, 7) is 1.72. The molecule has 0 unspecified atom stereocenters. The smallest absolute Gasteiger partial charge is 0.191 e. The van der Waals surface area contributed by atoms with Gasteiger partial charge in [-0.2, -0.15) is 0 Å². The fourth-order valence-corrected chi connectivity index (χ4v) is 2.06. The highest BCUT2D eigenvalue weighted by Crippen LogP contribution is 2.17. The van der Waals surface area contributed by atoms with Gasteiger partial charge in [0.1, 0.15) is 0 Å². The van der Waals surface area contributed by atoms with E-state index in [4.69, 9.17) is 4.74 Å². The molecule has 1 aliphatic rings. The standard InChI is InChI=1S/C12H25N3O/c1-13-12(14-9-6-10-16-2)15-11-7-4-3-5-8-11/h11H,3-10H2,1-2H3,(H2,13,14,15). The second kappa shape index (κ2) is 8.39. The van der Waals surface area contributed by atoms with E-state index < -0.39 is 0 Å². The summed E-state index contributed by atoms with van der Waals surface area (Å²) in [5.74, 6) is 0.933. The molecule has 0 aliphatic heterocycles. The minimum Gasteiger partial charge on any atom is -0.385 e. The Morgan fingerprint density at radius 1 is 1.31 bits per heavy atom. The minimum absolute atomic E-state index is 0.613. The van der Waals surface area contributed by atoms with Crippen LogP contribution in [0.1, 0.15) is 38.5 Å². The fraction of sp³-hybridized carbons (Fsp3) is 0.917. The first-order valence-corrected chi connectivity index (χ1v) is 6.33. The van der Waals surface area contributed by atoms with E-state index in [1.54, 1.807) is 7.11 Å². The quantitative estimate of drug-likeness (QED) is 0.425. The van der Waals surface area contributed by atoms with Crippen molar-refractivity contribution in [3.05, 3.63) is 0 Å². The van der Waals surface area contributed by atoms with Crippen molar-refractivity contribution in [3.8, 4) is 0 Å². The van der Waals surface area contributed by atoms with Crippen LogP contribution in [0, 0.1) is 0 Å². The van der Waals surface area contributed by atoms with E-state index in [2.05, 4.69) is 15.6 Å². The Hall–Kier alpha value is -0.770. The normalized spacial score (nSPS) is 18.5. The largest absolute Gasteiger partial charge is 0.385 e. The second-order valence-electron chi connectivity index (χ2n) is 4.32. The molecule has 0 aromatic carbocycles. The molecular formula is C12H25N3O. The van der Waals surface area contributed by atoms with Gasteiger partial charge in [-0.25, -0.2) is 0 Å². The molecule has 0 saturated heterocycles. The summed E-state index contributed by atoms with van der Waals surface area (Å²) in [5, 5.41) is 6.79. The highest BCUT2D eigenvalue weighted by atomic mass is 16.5. The predicted octanol–water partition coefficient (Wildman–Crippen LogP) is 1.52. The average molecular weight is 227 g/mol. The van der Waals surface area contributed by atoms with E-state index >= 15 is 0 Å². The number of rotatable bonds is 5. The maximum absolute atomic E-state index is 5.01. The van der Waals surface area contributed by atoms with Crippen LogP contribution in [0.15, 0.2) is 4.99 Å². The first-order chi connectivity index (χ1) is 7.86. The molecule has 16 heavy (non-hydrogen) atoms. The molecule has 1 aliphatic carbocycles. The molecule has 2 N–H and O–H groups in total. The third kappa shape index (κ3) is 5.35. The Bertz CT molecular complexity index is 200. The van der Waals surface area contributed by atoms with Crippen molar-refractivity contribution < 1.29 is 4.74 Å². The van der Waals surface area contributed by atoms with Gasteiger partial charge in [0.2, 0.25) is 0 Å². The van der Waals surface area contributed by atoms with Crippen LogP contribution in [0.25, 0.3) is 0 Å². The van der Waals surface area contributed by atoms with Gasteiger partial charge in [0, 0.05) is 33.4 Å². The molecule has 4 nitrogen and oxygen atoms in total. The molecule has 4 heteroatoms. The van der Waals surface area contributed by atoms with E-state index in [9.17, 15) is 0 Å². The van der Waals surface area contributed by atoms with Crippen LogP contribution in [-0.2, 0) is 4.74 Å². The number of nitrogens with one attached hydrogen (secondary N) is 2. The van der Waals surface area contributed by atoms with Crippen molar-refractivity contribution in [1.82, 2.24) is 10.6 Å².